The van der Waals surface area contributed by atoms with E-state index in [9.17, 15) is 0 Å². The minimum absolute atomic E-state index is 0.715. The summed E-state index contributed by atoms with van der Waals surface area (Å²) in [5.41, 5.74) is 4.23. The quantitative estimate of drug-likeness (QED) is 0.581. The van der Waals surface area contributed by atoms with Crippen molar-refractivity contribution in [1.29, 1.82) is 0 Å². The molecule has 0 unspecified atom stereocenters. The predicted molar refractivity (Wildman–Crippen MR) is 91.0 cm³/mol. The van der Waals surface area contributed by atoms with Gasteiger partial charge in [-0.05, 0) is 49.2 Å². The third-order valence-corrected chi connectivity index (χ3v) is 4.58. The monoisotopic (exact) mass is 318 g/mol. The molecule has 2 heterocycles. The lowest BCUT2D eigenvalue weighted by molar-refractivity contribution is 0.735. The van der Waals surface area contributed by atoms with E-state index in [4.69, 9.17) is 12.2 Å². The zero-order valence-electron chi connectivity index (χ0n) is 12.4. The Balaban J connectivity index is 2.21. The second kappa shape index (κ2) is 5.69. The van der Waals surface area contributed by atoms with E-state index < -0.39 is 0 Å². The topological polar surface area (TPSA) is 38.5 Å². The van der Waals surface area contributed by atoms with Gasteiger partial charge in [-0.3, -0.25) is 4.57 Å². The number of nitrogens with zero attached hydrogens (tertiary/aromatic N) is 3. The van der Waals surface area contributed by atoms with E-state index in [0.717, 1.165) is 35.4 Å². The van der Waals surface area contributed by atoms with Crippen molar-refractivity contribution in [3.8, 4) is 5.69 Å². The molecule has 110 valence electrons. The molecule has 0 aliphatic carbocycles. The van der Waals surface area contributed by atoms with E-state index in [0.29, 0.717) is 4.77 Å². The molecule has 21 heavy (non-hydrogen) atoms. The molecule has 0 fully saturated rings. The number of rotatable bonds is 4. The first-order chi connectivity index (χ1) is 10.2. The van der Waals surface area contributed by atoms with Gasteiger partial charge in [0.15, 0.2) is 10.4 Å². The maximum Gasteiger partial charge on any atom is 0.184 e. The number of aryl methyl sites for hydroxylation is 2. The average Bonchev–Trinajstić information content (AvgIpc) is 2.97. The first kappa shape index (κ1) is 14.4. The van der Waals surface area contributed by atoms with Crippen LogP contribution in [-0.4, -0.2) is 25.6 Å². The van der Waals surface area contributed by atoms with Crippen molar-refractivity contribution in [2.24, 2.45) is 7.05 Å². The van der Waals surface area contributed by atoms with Crippen LogP contribution in [0.4, 0.5) is 0 Å². The first-order valence-electron chi connectivity index (χ1n) is 6.96. The normalized spacial score (nSPS) is 11.4. The van der Waals surface area contributed by atoms with Crippen LogP contribution in [0, 0.1) is 4.77 Å². The summed E-state index contributed by atoms with van der Waals surface area (Å²) in [6.45, 7) is 2.16. The van der Waals surface area contributed by atoms with Gasteiger partial charge in [-0.2, -0.15) is 5.10 Å². The zero-order chi connectivity index (χ0) is 15.0. The van der Waals surface area contributed by atoms with Gasteiger partial charge in [0, 0.05) is 17.6 Å². The lowest BCUT2D eigenvalue weighted by Gasteiger charge is -2.05. The highest BCUT2D eigenvalue weighted by atomic mass is 32.2. The lowest BCUT2D eigenvalue weighted by atomic mass is 10.2. The Labute approximate surface area is 133 Å². The van der Waals surface area contributed by atoms with Gasteiger partial charge >= 0.3 is 0 Å². The van der Waals surface area contributed by atoms with Gasteiger partial charge in [-0.1, -0.05) is 13.3 Å². The van der Waals surface area contributed by atoms with Crippen LogP contribution >= 0.6 is 24.0 Å². The second-order valence-corrected chi connectivity index (χ2v) is 6.25. The van der Waals surface area contributed by atoms with Crippen molar-refractivity contribution in [3.63, 3.8) is 0 Å². The third kappa shape index (κ3) is 2.42. The molecular formula is C15H18N4S2. The Kier molecular flexibility index (Phi) is 3.91. The number of thioether (sulfide) groups is 1. The van der Waals surface area contributed by atoms with Gasteiger partial charge in [0.25, 0.3) is 0 Å². The summed E-state index contributed by atoms with van der Waals surface area (Å²) in [6, 6.07) is 8.43. The van der Waals surface area contributed by atoms with Crippen LogP contribution in [0.5, 0.6) is 0 Å². The highest BCUT2D eigenvalue weighted by molar-refractivity contribution is 7.98. The number of aromatic nitrogens is 4. The summed E-state index contributed by atoms with van der Waals surface area (Å²) in [6.07, 6.45) is 4.10. The number of benzene rings is 1. The lowest BCUT2D eigenvalue weighted by Crippen LogP contribution is -2.01. The van der Waals surface area contributed by atoms with Crippen molar-refractivity contribution in [3.05, 3.63) is 34.7 Å². The predicted octanol–water partition coefficient (Wildman–Crippen LogP) is 4.10. The van der Waals surface area contributed by atoms with Crippen LogP contribution in [0.3, 0.4) is 0 Å². The van der Waals surface area contributed by atoms with Crippen LogP contribution in [-0.2, 0) is 13.5 Å². The van der Waals surface area contributed by atoms with E-state index >= 15 is 0 Å². The average molecular weight is 318 g/mol. The highest BCUT2D eigenvalue weighted by Gasteiger charge is 2.15. The van der Waals surface area contributed by atoms with Crippen LogP contribution in [0.1, 0.15) is 19.0 Å². The molecule has 0 saturated carbocycles. The van der Waals surface area contributed by atoms with Crippen molar-refractivity contribution < 1.29 is 0 Å². The van der Waals surface area contributed by atoms with Gasteiger partial charge in [0.05, 0.1) is 5.69 Å². The van der Waals surface area contributed by atoms with Gasteiger partial charge in [-0.25, -0.2) is 4.68 Å². The maximum atomic E-state index is 5.51. The number of imidazole rings is 1. The maximum absolute atomic E-state index is 5.51. The molecule has 2 aromatic heterocycles. The molecule has 0 saturated heterocycles. The molecule has 0 amide bonds. The number of fused-ring (bicyclic) bond motifs is 1. The number of nitrogens with one attached hydrogen (secondary N) is 1. The van der Waals surface area contributed by atoms with Crippen molar-refractivity contribution in [2.45, 2.75) is 24.7 Å². The summed E-state index contributed by atoms with van der Waals surface area (Å²) in [5, 5.41) is 4.61. The minimum Gasteiger partial charge on any atom is -0.327 e. The molecule has 0 spiro atoms. The van der Waals surface area contributed by atoms with Gasteiger partial charge in [0.1, 0.15) is 5.52 Å². The van der Waals surface area contributed by atoms with Crippen LogP contribution in [0.25, 0.3) is 16.9 Å². The van der Waals surface area contributed by atoms with E-state index in [1.54, 1.807) is 11.8 Å². The van der Waals surface area contributed by atoms with E-state index in [1.807, 2.05) is 11.7 Å². The Morgan fingerprint density at radius 1 is 1.29 bits per heavy atom. The van der Waals surface area contributed by atoms with E-state index in [2.05, 4.69) is 52.1 Å². The smallest absolute Gasteiger partial charge is 0.184 e. The second-order valence-electron chi connectivity index (χ2n) is 4.98. The standard InChI is InChI=1S/C15H18N4S2/c1-4-5-12-13-14(18(2)17-12)19(15(20)16-13)10-6-8-11(21-3)9-7-10/h6-9H,4-5H2,1-3H3,(H,16,20). The first-order valence-corrected chi connectivity index (χ1v) is 8.60. The van der Waals surface area contributed by atoms with Gasteiger partial charge < -0.3 is 4.98 Å². The molecule has 6 heteroatoms. The molecule has 0 aliphatic rings. The largest absolute Gasteiger partial charge is 0.327 e. The number of hydrogen-bond donors (Lipinski definition) is 1. The van der Waals surface area contributed by atoms with Crippen LogP contribution in [0.2, 0.25) is 0 Å². The molecule has 4 nitrogen and oxygen atoms in total. The summed E-state index contributed by atoms with van der Waals surface area (Å²) in [4.78, 5) is 4.56. The molecule has 0 radical (unpaired) electrons. The van der Waals surface area contributed by atoms with E-state index in [1.165, 1.54) is 4.90 Å². The molecular weight excluding hydrogens is 300 g/mol. The number of H-pyrrole nitrogens is 1. The SMILES string of the molecule is CCCc1nn(C)c2c1[nH]c(=S)n2-c1ccc(SC)cc1. The summed E-state index contributed by atoms with van der Waals surface area (Å²) < 4.78 is 4.68. The molecule has 3 aromatic rings. The highest BCUT2D eigenvalue weighted by Crippen LogP contribution is 2.24. The fraction of sp³-hybridized carbons (Fsp3) is 0.333. The molecule has 0 atom stereocenters. The molecule has 3 rings (SSSR count). The summed E-state index contributed by atoms with van der Waals surface area (Å²) in [7, 11) is 1.97. The Hall–Kier alpha value is -1.53. The van der Waals surface area contributed by atoms with Gasteiger partial charge in [0.2, 0.25) is 0 Å². The summed E-state index contributed by atoms with van der Waals surface area (Å²) in [5.74, 6) is 0. The number of hydrogen-bond acceptors (Lipinski definition) is 3. The van der Waals surface area contributed by atoms with Crippen molar-refractivity contribution in [1.82, 2.24) is 19.3 Å². The number of aromatic amines is 1. The fourth-order valence-corrected chi connectivity index (χ4v) is 3.30. The molecule has 1 N–H and O–H groups in total. The van der Waals surface area contributed by atoms with Crippen molar-refractivity contribution in [2.75, 3.05) is 6.26 Å². The Morgan fingerprint density at radius 3 is 2.62 bits per heavy atom. The Morgan fingerprint density at radius 2 is 2.00 bits per heavy atom. The molecule has 0 bridgehead atoms. The van der Waals surface area contributed by atoms with Crippen LogP contribution in [0.15, 0.2) is 29.2 Å². The summed E-state index contributed by atoms with van der Waals surface area (Å²) >= 11 is 7.25. The van der Waals surface area contributed by atoms with Crippen molar-refractivity contribution >= 4 is 35.1 Å². The molecule has 1 aromatic carbocycles. The zero-order valence-corrected chi connectivity index (χ0v) is 14.0. The minimum atomic E-state index is 0.715. The van der Waals surface area contributed by atoms with Gasteiger partial charge in [-0.15, -0.1) is 11.8 Å². The Bertz CT molecular complexity index is 824. The van der Waals surface area contributed by atoms with Crippen LogP contribution < -0.4 is 0 Å². The molecule has 0 aliphatic heterocycles. The third-order valence-electron chi connectivity index (χ3n) is 3.55. The fourth-order valence-electron chi connectivity index (χ4n) is 2.60. The van der Waals surface area contributed by atoms with E-state index in [-0.39, 0.29) is 0 Å².